The summed E-state index contributed by atoms with van der Waals surface area (Å²) in [7, 11) is 1.69. The van der Waals surface area contributed by atoms with Crippen molar-refractivity contribution in [2.75, 3.05) is 0 Å². The maximum atomic E-state index is 14.4. The predicted molar refractivity (Wildman–Crippen MR) is 127 cm³/mol. The van der Waals surface area contributed by atoms with Crippen molar-refractivity contribution in [3.8, 4) is 0 Å². The third-order valence-electron chi connectivity index (χ3n) is 6.27. The van der Waals surface area contributed by atoms with E-state index in [2.05, 4.69) is 41.9 Å². The molecule has 0 saturated heterocycles. The smallest absolute Gasteiger partial charge is 0.270 e. The number of carbonyl (C=O) groups is 1. The van der Waals surface area contributed by atoms with Crippen LogP contribution in [0, 0.1) is 0 Å². The van der Waals surface area contributed by atoms with Gasteiger partial charge in [-0.2, -0.15) is 5.10 Å². The highest BCUT2D eigenvalue weighted by Gasteiger charge is 2.49. The number of hydrogen-bond acceptors (Lipinski definition) is 4. The van der Waals surface area contributed by atoms with E-state index >= 15 is 0 Å². The van der Waals surface area contributed by atoms with Crippen LogP contribution in [0.15, 0.2) is 42.6 Å². The summed E-state index contributed by atoms with van der Waals surface area (Å²) in [5.41, 5.74) is 1.45. The van der Waals surface area contributed by atoms with Crippen molar-refractivity contribution < 1.29 is 9.18 Å². The van der Waals surface area contributed by atoms with E-state index in [1.807, 2.05) is 12.3 Å². The minimum Gasteiger partial charge on any atom is -0.340 e. The highest BCUT2D eigenvalue weighted by Crippen LogP contribution is 2.50. The van der Waals surface area contributed by atoms with Gasteiger partial charge in [0.15, 0.2) is 5.67 Å². The first-order valence-corrected chi connectivity index (χ1v) is 12.2. The van der Waals surface area contributed by atoms with E-state index in [9.17, 15) is 9.18 Å². The lowest BCUT2D eigenvalue weighted by Gasteiger charge is -2.15. The Labute approximate surface area is 193 Å². The van der Waals surface area contributed by atoms with E-state index in [0.717, 1.165) is 47.6 Å². The minimum atomic E-state index is -1.35. The summed E-state index contributed by atoms with van der Waals surface area (Å²) in [5.74, 6) is -0.221. The van der Waals surface area contributed by atoms with Crippen LogP contribution in [-0.4, -0.2) is 20.7 Å². The first kappa shape index (κ1) is 22.6. The lowest BCUT2D eigenvalue weighted by atomic mass is 10.0. The molecule has 7 heteroatoms. The monoisotopic (exact) mass is 454 g/mol. The molecule has 2 aromatic rings. The maximum absolute atomic E-state index is 14.4. The van der Waals surface area contributed by atoms with Crippen molar-refractivity contribution in [3.63, 3.8) is 0 Å². The van der Waals surface area contributed by atoms with Crippen molar-refractivity contribution in [3.05, 3.63) is 63.9 Å². The Morgan fingerprint density at radius 2 is 2.09 bits per heavy atom. The fraction of sp³-hybridized carbons (Fsp3) is 0.480. The van der Waals surface area contributed by atoms with E-state index in [1.54, 1.807) is 30.5 Å². The topological polar surface area (TPSA) is 59.8 Å². The Hall–Kier alpha value is -2.54. The van der Waals surface area contributed by atoms with Gasteiger partial charge in [-0.25, -0.2) is 9.37 Å². The zero-order chi connectivity index (χ0) is 22.9. The fourth-order valence-electron chi connectivity index (χ4n) is 3.93. The van der Waals surface area contributed by atoms with Gasteiger partial charge in [0.2, 0.25) is 0 Å². The molecule has 32 heavy (non-hydrogen) atoms. The average Bonchev–Trinajstić information content (AvgIpc) is 3.60. The molecule has 2 aliphatic carbocycles. The van der Waals surface area contributed by atoms with Gasteiger partial charge in [0.05, 0.1) is 10.4 Å². The molecule has 170 valence electrons. The summed E-state index contributed by atoms with van der Waals surface area (Å²) in [4.78, 5) is 18.7. The second-order valence-electron chi connectivity index (χ2n) is 8.83. The lowest BCUT2D eigenvalue weighted by Crippen LogP contribution is -2.35. The molecule has 5 nitrogen and oxygen atoms in total. The third kappa shape index (κ3) is 4.49. The second-order valence-corrected chi connectivity index (χ2v) is 9.86. The number of carbonyl (C=O) groups excluding carboxylic acids is 1. The number of aromatic nitrogens is 3. The Morgan fingerprint density at radius 3 is 2.69 bits per heavy atom. The average molecular weight is 455 g/mol. The summed E-state index contributed by atoms with van der Waals surface area (Å²) in [6.45, 7) is 8.22. The van der Waals surface area contributed by atoms with Crippen molar-refractivity contribution in [1.82, 2.24) is 20.1 Å². The molecule has 1 amide bonds. The first-order valence-electron chi connectivity index (χ1n) is 11.4. The van der Waals surface area contributed by atoms with Crippen LogP contribution >= 0.6 is 11.3 Å². The van der Waals surface area contributed by atoms with E-state index < -0.39 is 11.2 Å². The van der Waals surface area contributed by atoms with Gasteiger partial charge in [-0.05, 0) is 44.6 Å². The Bertz CT molecular complexity index is 1090. The highest BCUT2D eigenvalue weighted by atomic mass is 32.1. The standard InChI is InChI=1S/C25H31FN4OS/c1-5-8-17(7-3)14-18(9-6-2)23-27-16-21(32-23)25(12-13-25)28-22(31)19-15-20(29-30(19)4)24(26)10-11-24/h6,9,14-16H,2,5,7-8,10-13H2,1,3-4H3,(H,28,31)/b17-14-,18-9+. The van der Waals surface area contributed by atoms with Crippen molar-refractivity contribution in [2.45, 2.75) is 70.0 Å². The summed E-state index contributed by atoms with van der Waals surface area (Å²) in [5, 5.41) is 8.34. The number of allylic oxidation sites excluding steroid dienone is 5. The van der Waals surface area contributed by atoms with Gasteiger partial charge in [0.1, 0.15) is 16.4 Å². The molecular weight excluding hydrogens is 423 g/mol. The van der Waals surface area contributed by atoms with Crippen LogP contribution < -0.4 is 5.32 Å². The molecule has 0 bridgehead atoms. The van der Waals surface area contributed by atoms with E-state index in [4.69, 9.17) is 0 Å². The molecule has 2 aliphatic rings. The number of aryl methyl sites for hydroxylation is 1. The number of nitrogens with zero attached hydrogens (tertiary/aromatic N) is 3. The van der Waals surface area contributed by atoms with Crippen LogP contribution in [0.3, 0.4) is 0 Å². The number of thiazole rings is 1. The zero-order valence-electron chi connectivity index (χ0n) is 19.1. The van der Waals surface area contributed by atoms with Gasteiger partial charge in [-0.3, -0.25) is 9.48 Å². The van der Waals surface area contributed by atoms with Crippen LogP contribution in [0.25, 0.3) is 5.57 Å². The van der Waals surface area contributed by atoms with Gasteiger partial charge in [0.25, 0.3) is 5.91 Å². The Kier molecular flexibility index (Phi) is 6.21. The molecule has 2 fully saturated rings. The van der Waals surface area contributed by atoms with Crippen molar-refractivity contribution >= 4 is 22.8 Å². The number of amides is 1. The molecule has 0 aromatic carbocycles. The molecule has 0 unspecified atom stereocenters. The summed E-state index contributed by atoms with van der Waals surface area (Å²) < 4.78 is 15.9. The Balaban J connectivity index is 1.53. The highest BCUT2D eigenvalue weighted by molar-refractivity contribution is 7.13. The summed E-state index contributed by atoms with van der Waals surface area (Å²) in [6.07, 6.45) is 13.7. The molecule has 2 heterocycles. The molecule has 4 rings (SSSR count). The van der Waals surface area contributed by atoms with Gasteiger partial charge < -0.3 is 5.32 Å². The molecule has 0 radical (unpaired) electrons. The predicted octanol–water partition coefficient (Wildman–Crippen LogP) is 5.96. The molecule has 0 aliphatic heterocycles. The van der Waals surface area contributed by atoms with Crippen LogP contribution in [0.2, 0.25) is 0 Å². The summed E-state index contributed by atoms with van der Waals surface area (Å²) in [6, 6.07) is 1.59. The number of hydrogen-bond donors (Lipinski definition) is 1. The largest absolute Gasteiger partial charge is 0.340 e. The fourth-order valence-corrected chi connectivity index (χ4v) is 5.05. The SMILES string of the molecule is C=C/C=C(\C=C(\CC)CCC)c1ncc(C2(NC(=O)c3cc(C4(F)CC4)nn3C)CC2)s1. The van der Waals surface area contributed by atoms with Crippen molar-refractivity contribution in [2.24, 2.45) is 7.05 Å². The molecule has 2 saturated carbocycles. The lowest BCUT2D eigenvalue weighted by molar-refractivity contribution is 0.0922. The molecule has 0 atom stereocenters. The maximum Gasteiger partial charge on any atom is 0.270 e. The first-order chi connectivity index (χ1) is 15.3. The number of alkyl halides is 1. The Morgan fingerprint density at radius 1 is 1.34 bits per heavy atom. The molecule has 2 aromatic heterocycles. The number of rotatable bonds is 10. The van der Waals surface area contributed by atoms with E-state index in [0.29, 0.717) is 24.2 Å². The third-order valence-corrected chi connectivity index (χ3v) is 7.52. The minimum absolute atomic E-state index is 0.221. The van der Waals surface area contributed by atoms with Gasteiger partial charge >= 0.3 is 0 Å². The van der Waals surface area contributed by atoms with E-state index in [-0.39, 0.29) is 5.91 Å². The normalized spacial score (nSPS) is 19.0. The van der Waals surface area contributed by atoms with Crippen molar-refractivity contribution in [1.29, 1.82) is 0 Å². The second kappa shape index (κ2) is 8.77. The van der Waals surface area contributed by atoms with Crippen LogP contribution in [0.1, 0.15) is 84.9 Å². The van der Waals surface area contributed by atoms with Crippen LogP contribution in [-0.2, 0) is 18.3 Å². The zero-order valence-corrected chi connectivity index (χ0v) is 19.9. The van der Waals surface area contributed by atoms with Gasteiger partial charge in [0, 0.05) is 18.8 Å². The number of nitrogens with one attached hydrogen (secondary N) is 1. The van der Waals surface area contributed by atoms with Gasteiger partial charge in [-0.15, -0.1) is 11.3 Å². The molecular formula is C25H31FN4OS. The number of halogens is 1. The summed E-state index contributed by atoms with van der Waals surface area (Å²) >= 11 is 1.61. The molecule has 0 spiro atoms. The quantitative estimate of drug-likeness (QED) is 0.451. The van der Waals surface area contributed by atoms with Crippen LogP contribution in [0.5, 0.6) is 0 Å². The van der Waals surface area contributed by atoms with Gasteiger partial charge in [-0.1, -0.05) is 50.6 Å². The van der Waals surface area contributed by atoms with E-state index in [1.165, 1.54) is 10.3 Å². The molecule has 1 N–H and O–H groups in total. The van der Waals surface area contributed by atoms with Crippen LogP contribution in [0.4, 0.5) is 4.39 Å².